The molecule has 1 saturated carbocycles. The summed E-state index contributed by atoms with van der Waals surface area (Å²) in [7, 11) is 0. The molecule has 1 fully saturated rings. The van der Waals surface area contributed by atoms with Gasteiger partial charge in [0.05, 0.1) is 0 Å². The minimum atomic E-state index is 0.242. The van der Waals surface area contributed by atoms with Gasteiger partial charge in [-0.15, -0.1) is 11.3 Å². The van der Waals surface area contributed by atoms with Crippen molar-refractivity contribution in [2.45, 2.75) is 58.9 Å². The average molecular weight is 237 g/mol. The molecular formula is C14H23NS. The van der Waals surface area contributed by atoms with Crippen LogP contribution < -0.4 is 5.73 Å². The highest BCUT2D eigenvalue weighted by atomic mass is 32.1. The molecule has 0 radical (unpaired) electrons. The maximum Gasteiger partial charge on any atom is 0.0447 e. The van der Waals surface area contributed by atoms with Crippen molar-refractivity contribution in [3.8, 4) is 0 Å². The number of hydrogen-bond acceptors (Lipinski definition) is 2. The first-order chi connectivity index (χ1) is 7.53. The van der Waals surface area contributed by atoms with Gasteiger partial charge >= 0.3 is 0 Å². The summed E-state index contributed by atoms with van der Waals surface area (Å²) in [4.78, 5) is 2.81. The summed E-state index contributed by atoms with van der Waals surface area (Å²) in [6.07, 6.45) is 6.70. The molecule has 2 rings (SSSR count). The SMILES string of the molecule is Cc1cc(C)c(C(N)C2(C)CCCCC2)s1. The first kappa shape index (κ1) is 12.1. The summed E-state index contributed by atoms with van der Waals surface area (Å²) in [5.74, 6) is 0. The minimum absolute atomic E-state index is 0.242. The second-order valence-electron chi connectivity index (χ2n) is 5.60. The van der Waals surface area contributed by atoms with Gasteiger partial charge in [0.25, 0.3) is 0 Å². The van der Waals surface area contributed by atoms with E-state index in [-0.39, 0.29) is 6.04 Å². The largest absolute Gasteiger partial charge is 0.323 e. The smallest absolute Gasteiger partial charge is 0.0447 e. The van der Waals surface area contributed by atoms with Crippen LogP contribution in [0.4, 0.5) is 0 Å². The van der Waals surface area contributed by atoms with Crippen LogP contribution in [0.1, 0.15) is 60.4 Å². The molecule has 1 unspecified atom stereocenters. The van der Waals surface area contributed by atoms with Crippen LogP contribution in [0.5, 0.6) is 0 Å². The van der Waals surface area contributed by atoms with E-state index >= 15 is 0 Å². The van der Waals surface area contributed by atoms with Crippen molar-refractivity contribution in [1.82, 2.24) is 0 Å². The zero-order chi connectivity index (χ0) is 11.8. The first-order valence-electron chi connectivity index (χ1n) is 6.35. The van der Waals surface area contributed by atoms with Gasteiger partial charge < -0.3 is 5.73 Å². The molecule has 0 amide bonds. The normalized spacial score (nSPS) is 22.0. The molecule has 0 aromatic carbocycles. The fraction of sp³-hybridized carbons (Fsp3) is 0.714. The Morgan fingerprint density at radius 2 is 1.88 bits per heavy atom. The molecule has 1 nitrogen and oxygen atoms in total. The van der Waals surface area contributed by atoms with E-state index < -0.39 is 0 Å². The quantitative estimate of drug-likeness (QED) is 0.813. The molecule has 1 aromatic rings. The fourth-order valence-corrected chi connectivity index (χ4v) is 4.17. The predicted molar refractivity (Wildman–Crippen MR) is 71.9 cm³/mol. The molecule has 1 atom stereocenters. The fourth-order valence-electron chi connectivity index (χ4n) is 2.96. The van der Waals surface area contributed by atoms with E-state index in [9.17, 15) is 0 Å². The molecule has 90 valence electrons. The van der Waals surface area contributed by atoms with Crippen LogP contribution in [0.15, 0.2) is 6.07 Å². The Labute approximate surface area is 103 Å². The molecule has 2 heteroatoms. The van der Waals surface area contributed by atoms with Crippen LogP contribution in [0.3, 0.4) is 0 Å². The van der Waals surface area contributed by atoms with Crippen molar-refractivity contribution >= 4 is 11.3 Å². The summed E-state index contributed by atoms with van der Waals surface area (Å²) in [5, 5.41) is 0. The molecule has 1 heterocycles. The molecule has 0 spiro atoms. The van der Waals surface area contributed by atoms with Crippen LogP contribution in [-0.4, -0.2) is 0 Å². The third-order valence-electron chi connectivity index (χ3n) is 4.11. The van der Waals surface area contributed by atoms with Crippen LogP contribution >= 0.6 is 11.3 Å². The lowest BCUT2D eigenvalue weighted by atomic mass is 9.70. The van der Waals surface area contributed by atoms with E-state index in [1.54, 1.807) is 0 Å². The summed E-state index contributed by atoms with van der Waals surface area (Å²) in [6.45, 7) is 6.76. The standard InChI is InChI=1S/C14H23NS/c1-10-9-11(2)16-12(10)13(15)14(3)7-5-4-6-8-14/h9,13H,4-8,15H2,1-3H3. The number of nitrogens with two attached hydrogens (primary N) is 1. The molecule has 1 aliphatic rings. The highest BCUT2D eigenvalue weighted by Crippen LogP contribution is 2.46. The lowest BCUT2D eigenvalue weighted by Crippen LogP contribution is -2.33. The maximum atomic E-state index is 6.53. The monoisotopic (exact) mass is 237 g/mol. The van der Waals surface area contributed by atoms with Crippen LogP contribution in [0, 0.1) is 19.3 Å². The van der Waals surface area contributed by atoms with Gasteiger partial charge in [0.15, 0.2) is 0 Å². The van der Waals surface area contributed by atoms with Crippen molar-refractivity contribution in [2.24, 2.45) is 11.1 Å². The molecule has 1 aromatic heterocycles. The topological polar surface area (TPSA) is 26.0 Å². The maximum absolute atomic E-state index is 6.53. The molecule has 0 aliphatic heterocycles. The third-order valence-corrected chi connectivity index (χ3v) is 5.34. The third kappa shape index (κ3) is 2.18. The van der Waals surface area contributed by atoms with Gasteiger partial charge in [-0.05, 0) is 43.7 Å². The van der Waals surface area contributed by atoms with Crippen molar-refractivity contribution in [2.75, 3.05) is 0 Å². The van der Waals surface area contributed by atoms with Gasteiger partial charge in [-0.1, -0.05) is 26.2 Å². The van der Waals surface area contributed by atoms with Crippen LogP contribution in [0.25, 0.3) is 0 Å². The van der Waals surface area contributed by atoms with E-state index in [4.69, 9.17) is 5.73 Å². The average Bonchev–Trinajstić information content (AvgIpc) is 2.58. The van der Waals surface area contributed by atoms with E-state index in [0.29, 0.717) is 5.41 Å². The van der Waals surface area contributed by atoms with Gasteiger partial charge in [-0.3, -0.25) is 0 Å². The van der Waals surface area contributed by atoms with Crippen molar-refractivity contribution in [3.05, 3.63) is 21.4 Å². The Hall–Kier alpha value is -0.340. The zero-order valence-electron chi connectivity index (χ0n) is 10.7. The van der Waals surface area contributed by atoms with Crippen molar-refractivity contribution in [1.29, 1.82) is 0 Å². The highest BCUT2D eigenvalue weighted by molar-refractivity contribution is 7.12. The number of aryl methyl sites for hydroxylation is 2. The molecule has 0 saturated heterocycles. The second kappa shape index (κ2) is 4.50. The summed E-state index contributed by atoms with van der Waals surface area (Å²) in [5.41, 5.74) is 8.25. The number of thiophene rings is 1. The lowest BCUT2D eigenvalue weighted by molar-refractivity contribution is 0.172. The molecule has 0 bridgehead atoms. The number of hydrogen-bond donors (Lipinski definition) is 1. The van der Waals surface area contributed by atoms with Gasteiger partial charge in [-0.25, -0.2) is 0 Å². The minimum Gasteiger partial charge on any atom is -0.323 e. The molecule has 2 N–H and O–H groups in total. The van der Waals surface area contributed by atoms with Crippen LogP contribution in [0.2, 0.25) is 0 Å². The zero-order valence-corrected chi connectivity index (χ0v) is 11.5. The highest BCUT2D eigenvalue weighted by Gasteiger charge is 2.35. The van der Waals surface area contributed by atoms with E-state index in [2.05, 4.69) is 26.8 Å². The van der Waals surface area contributed by atoms with Gasteiger partial charge in [0.1, 0.15) is 0 Å². The summed E-state index contributed by atoms with van der Waals surface area (Å²) >= 11 is 1.89. The lowest BCUT2D eigenvalue weighted by Gasteiger charge is -2.38. The molecule has 1 aliphatic carbocycles. The molecule has 16 heavy (non-hydrogen) atoms. The van der Waals surface area contributed by atoms with Crippen LogP contribution in [-0.2, 0) is 0 Å². The van der Waals surface area contributed by atoms with E-state index in [0.717, 1.165) is 0 Å². The number of rotatable bonds is 2. The van der Waals surface area contributed by atoms with Gasteiger partial charge in [-0.2, -0.15) is 0 Å². The van der Waals surface area contributed by atoms with Gasteiger partial charge in [0, 0.05) is 15.8 Å². The molecular weight excluding hydrogens is 214 g/mol. The second-order valence-corrected chi connectivity index (χ2v) is 6.88. The van der Waals surface area contributed by atoms with Gasteiger partial charge in [0.2, 0.25) is 0 Å². The Morgan fingerprint density at radius 1 is 1.25 bits per heavy atom. The van der Waals surface area contributed by atoms with E-state index in [1.807, 2.05) is 11.3 Å². The Kier molecular flexibility index (Phi) is 3.41. The van der Waals surface area contributed by atoms with E-state index in [1.165, 1.54) is 47.4 Å². The summed E-state index contributed by atoms with van der Waals surface area (Å²) in [6, 6.07) is 2.51. The Morgan fingerprint density at radius 3 is 2.38 bits per heavy atom. The first-order valence-corrected chi connectivity index (χ1v) is 7.17. The summed E-state index contributed by atoms with van der Waals surface area (Å²) < 4.78 is 0. The Bertz CT molecular complexity index is 361. The predicted octanol–water partition coefficient (Wildman–Crippen LogP) is 4.34. The van der Waals surface area contributed by atoms with Crippen molar-refractivity contribution in [3.63, 3.8) is 0 Å². The van der Waals surface area contributed by atoms with Crippen molar-refractivity contribution < 1.29 is 0 Å². The Balaban J connectivity index is 2.23.